The maximum Gasteiger partial charge on any atom is 0.122 e. The Balaban J connectivity index is 2.64. The molecule has 0 heterocycles. The van der Waals surface area contributed by atoms with E-state index in [0.29, 0.717) is 11.8 Å². The summed E-state index contributed by atoms with van der Waals surface area (Å²) in [4.78, 5) is 0. The number of nitrogens with one attached hydrogen (secondary N) is 1. The second kappa shape index (κ2) is 7.57. The van der Waals surface area contributed by atoms with Crippen molar-refractivity contribution in [3.8, 4) is 5.75 Å². The van der Waals surface area contributed by atoms with Crippen LogP contribution in [-0.2, 0) is 6.42 Å². The molecule has 1 aromatic carbocycles. The average molecular weight is 256 g/mol. The Bertz CT molecular complexity index is 339. The predicted octanol–water partition coefficient (Wildman–Crippen LogP) is 3.19. The fourth-order valence-corrected chi connectivity index (χ4v) is 1.95. The normalized spacial score (nSPS) is 10.9. The molecule has 1 rings (SSSR count). The van der Waals surface area contributed by atoms with Gasteiger partial charge in [-0.2, -0.15) is 0 Å². The van der Waals surface area contributed by atoms with Crippen molar-refractivity contribution < 1.29 is 4.74 Å². The molecule has 0 aliphatic rings. The molecule has 3 heteroatoms. The van der Waals surface area contributed by atoms with E-state index in [1.54, 1.807) is 7.11 Å². The number of halogens is 1. The first-order valence-electron chi connectivity index (χ1n) is 6.12. The van der Waals surface area contributed by atoms with Gasteiger partial charge in [-0.05, 0) is 36.1 Å². The van der Waals surface area contributed by atoms with Gasteiger partial charge in [0.05, 0.1) is 7.11 Å². The molecular weight excluding hydrogens is 234 g/mol. The zero-order valence-corrected chi connectivity index (χ0v) is 11.7. The molecule has 0 spiro atoms. The molecule has 96 valence electrons. The standard InChI is InChI=1S/C14H22ClNO/c1-11(2)13-10-12(4-5-14(13)17-3)6-8-16-9-7-15/h4-5,10-11,16H,6-9H2,1-3H3. The first kappa shape index (κ1) is 14.3. The zero-order valence-electron chi connectivity index (χ0n) is 10.9. The van der Waals surface area contributed by atoms with E-state index in [0.717, 1.165) is 25.3 Å². The Kier molecular flexibility index (Phi) is 6.38. The number of methoxy groups -OCH3 is 1. The molecule has 0 radical (unpaired) electrons. The van der Waals surface area contributed by atoms with Crippen LogP contribution >= 0.6 is 11.6 Å². The summed E-state index contributed by atoms with van der Waals surface area (Å²) in [6.45, 7) is 6.21. The third-order valence-corrected chi connectivity index (χ3v) is 2.97. The van der Waals surface area contributed by atoms with E-state index in [4.69, 9.17) is 16.3 Å². The van der Waals surface area contributed by atoms with Crippen molar-refractivity contribution in [1.29, 1.82) is 0 Å². The molecule has 1 N–H and O–H groups in total. The molecule has 0 atom stereocenters. The van der Waals surface area contributed by atoms with Gasteiger partial charge in [-0.15, -0.1) is 11.6 Å². The van der Waals surface area contributed by atoms with Gasteiger partial charge in [-0.25, -0.2) is 0 Å². The highest BCUT2D eigenvalue weighted by molar-refractivity contribution is 6.18. The van der Waals surface area contributed by atoms with Crippen LogP contribution in [0.5, 0.6) is 5.75 Å². The largest absolute Gasteiger partial charge is 0.496 e. The Morgan fingerprint density at radius 1 is 1.29 bits per heavy atom. The van der Waals surface area contributed by atoms with Crippen LogP contribution in [0.2, 0.25) is 0 Å². The summed E-state index contributed by atoms with van der Waals surface area (Å²) < 4.78 is 5.37. The minimum Gasteiger partial charge on any atom is -0.496 e. The summed E-state index contributed by atoms with van der Waals surface area (Å²) in [5, 5.41) is 3.30. The first-order chi connectivity index (χ1) is 8.19. The molecule has 1 aromatic rings. The SMILES string of the molecule is COc1ccc(CCNCCCl)cc1C(C)C. The summed E-state index contributed by atoms with van der Waals surface area (Å²) in [7, 11) is 1.73. The number of ether oxygens (including phenoxy) is 1. The second-order valence-corrected chi connectivity index (χ2v) is 4.80. The van der Waals surface area contributed by atoms with Gasteiger partial charge >= 0.3 is 0 Å². The molecule has 0 aliphatic heterocycles. The van der Waals surface area contributed by atoms with Gasteiger partial charge in [0.25, 0.3) is 0 Å². The van der Waals surface area contributed by atoms with Gasteiger partial charge in [0.1, 0.15) is 5.75 Å². The van der Waals surface area contributed by atoms with Crippen molar-refractivity contribution in [3.63, 3.8) is 0 Å². The summed E-state index contributed by atoms with van der Waals surface area (Å²) in [5.74, 6) is 2.14. The minimum atomic E-state index is 0.487. The third kappa shape index (κ3) is 4.57. The first-order valence-corrected chi connectivity index (χ1v) is 6.66. The van der Waals surface area contributed by atoms with Crippen LogP contribution in [0, 0.1) is 0 Å². The Labute approximate surface area is 109 Å². The number of hydrogen-bond acceptors (Lipinski definition) is 2. The number of alkyl halides is 1. The second-order valence-electron chi connectivity index (χ2n) is 4.42. The van der Waals surface area contributed by atoms with Gasteiger partial charge < -0.3 is 10.1 Å². The third-order valence-electron chi connectivity index (χ3n) is 2.78. The highest BCUT2D eigenvalue weighted by atomic mass is 35.5. The molecule has 0 bridgehead atoms. The maximum atomic E-state index is 5.61. The van der Waals surface area contributed by atoms with Gasteiger partial charge in [0.2, 0.25) is 0 Å². The van der Waals surface area contributed by atoms with Crippen LogP contribution in [-0.4, -0.2) is 26.1 Å². The van der Waals surface area contributed by atoms with Gasteiger partial charge in [-0.3, -0.25) is 0 Å². The fraction of sp³-hybridized carbons (Fsp3) is 0.571. The van der Waals surface area contributed by atoms with Crippen LogP contribution < -0.4 is 10.1 Å². The van der Waals surface area contributed by atoms with E-state index < -0.39 is 0 Å². The van der Waals surface area contributed by atoms with Crippen LogP contribution in [0.1, 0.15) is 30.9 Å². The lowest BCUT2D eigenvalue weighted by atomic mass is 9.98. The van der Waals surface area contributed by atoms with Gasteiger partial charge in [-0.1, -0.05) is 26.0 Å². The number of hydrogen-bond donors (Lipinski definition) is 1. The zero-order chi connectivity index (χ0) is 12.7. The molecule has 0 saturated heterocycles. The Morgan fingerprint density at radius 3 is 2.65 bits per heavy atom. The van der Waals surface area contributed by atoms with Crippen LogP contribution in [0.15, 0.2) is 18.2 Å². The lowest BCUT2D eigenvalue weighted by Gasteiger charge is -2.13. The van der Waals surface area contributed by atoms with E-state index >= 15 is 0 Å². The number of benzene rings is 1. The highest BCUT2D eigenvalue weighted by Gasteiger charge is 2.07. The van der Waals surface area contributed by atoms with Crippen molar-refractivity contribution in [1.82, 2.24) is 5.32 Å². The van der Waals surface area contributed by atoms with E-state index in [1.807, 2.05) is 0 Å². The molecule has 17 heavy (non-hydrogen) atoms. The average Bonchev–Trinajstić information content (AvgIpc) is 2.34. The predicted molar refractivity (Wildman–Crippen MR) is 74.4 cm³/mol. The molecule has 0 unspecified atom stereocenters. The minimum absolute atomic E-state index is 0.487. The summed E-state index contributed by atoms with van der Waals surface area (Å²) in [6.07, 6.45) is 1.03. The van der Waals surface area contributed by atoms with E-state index in [1.165, 1.54) is 11.1 Å². The monoisotopic (exact) mass is 255 g/mol. The Hall–Kier alpha value is -0.730. The van der Waals surface area contributed by atoms with Crippen molar-refractivity contribution in [2.45, 2.75) is 26.2 Å². The molecule has 0 amide bonds. The van der Waals surface area contributed by atoms with Gasteiger partial charge in [0.15, 0.2) is 0 Å². The molecule has 0 aliphatic carbocycles. The molecule has 0 aromatic heterocycles. The number of rotatable bonds is 7. The topological polar surface area (TPSA) is 21.3 Å². The van der Waals surface area contributed by atoms with E-state index in [2.05, 4.69) is 37.4 Å². The lowest BCUT2D eigenvalue weighted by molar-refractivity contribution is 0.407. The molecule has 0 saturated carbocycles. The maximum absolute atomic E-state index is 5.61. The summed E-state index contributed by atoms with van der Waals surface area (Å²) >= 11 is 5.61. The smallest absolute Gasteiger partial charge is 0.122 e. The molecule has 0 fully saturated rings. The highest BCUT2D eigenvalue weighted by Crippen LogP contribution is 2.27. The van der Waals surface area contributed by atoms with Crippen molar-refractivity contribution in [3.05, 3.63) is 29.3 Å². The van der Waals surface area contributed by atoms with E-state index in [9.17, 15) is 0 Å². The molecule has 2 nitrogen and oxygen atoms in total. The quantitative estimate of drug-likeness (QED) is 0.597. The van der Waals surface area contributed by atoms with Crippen molar-refractivity contribution in [2.24, 2.45) is 0 Å². The fourth-order valence-electron chi connectivity index (χ4n) is 1.82. The van der Waals surface area contributed by atoms with Crippen LogP contribution in [0.25, 0.3) is 0 Å². The molecular formula is C14H22ClNO. The van der Waals surface area contributed by atoms with Gasteiger partial charge in [0, 0.05) is 12.4 Å². The van der Waals surface area contributed by atoms with Crippen LogP contribution in [0.4, 0.5) is 0 Å². The summed E-state index contributed by atoms with van der Waals surface area (Å²) in [6, 6.07) is 6.44. The lowest BCUT2D eigenvalue weighted by Crippen LogP contribution is -2.19. The van der Waals surface area contributed by atoms with Crippen molar-refractivity contribution >= 4 is 11.6 Å². The van der Waals surface area contributed by atoms with E-state index in [-0.39, 0.29) is 0 Å². The summed E-state index contributed by atoms with van der Waals surface area (Å²) in [5.41, 5.74) is 2.62. The van der Waals surface area contributed by atoms with Crippen LogP contribution in [0.3, 0.4) is 0 Å². The van der Waals surface area contributed by atoms with Crippen molar-refractivity contribution in [2.75, 3.05) is 26.1 Å². The Morgan fingerprint density at radius 2 is 2.06 bits per heavy atom.